The molecule has 2 aromatic carbocycles. The van der Waals surface area contributed by atoms with E-state index in [-0.39, 0.29) is 11.9 Å². The van der Waals surface area contributed by atoms with Gasteiger partial charge in [-0.2, -0.15) is 5.10 Å². The van der Waals surface area contributed by atoms with Gasteiger partial charge in [0.2, 0.25) is 5.91 Å². The van der Waals surface area contributed by atoms with Gasteiger partial charge in [-0.25, -0.2) is 0 Å². The number of nitrogens with zero attached hydrogens (tertiary/aromatic N) is 1. The van der Waals surface area contributed by atoms with Crippen LogP contribution in [0.1, 0.15) is 37.4 Å². The molecule has 4 aromatic rings. The molecular weight excluding hydrogens is 412 g/mol. The second-order valence-electron chi connectivity index (χ2n) is 9.06. The number of fused-ring (bicyclic) bond motifs is 1. The Hall–Kier alpha value is -3.42. The number of hydrogen-bond donors (Lipinski definition) is 5. The Kier molecular flexibility index (Phi) is 5.20. The van der Waals surface area contributed by atoms with Crippen LogP contribution in [0.4, 0.5) is 5.69 Å². The maximum atomic E-state index is 12.4. The third-order valence-corrected chi connectivity index (χ3v) is 6.79. The first-order valence-electron chi connectivity index (χ1n) is 11.8. The van der Waals surface area contributed by atoms with Crippen LogP contribution < -0.4 is 16.0 Å². The van der Waals surface area contributed by atoms with Crippen molar-refractivity contribution in [1.82, 2.24) is 25.8 Å². The third-order valence-electron chi connectivity index (χ3n) is 6.79. The Morgan fingerprint density at radius 1 is 0.879 bits per heavy atom. The van der Waals surface area contributed by atoms with Crippen molar-refractivity contribution >= 4 is 22.5 Å². The van der Waals surface area contributed by atoms with Crippen molar-refractivity contribution in [3.63, 3.8) is 0 Å². The Balaban J connectivity index is 1.19. The van der Waals surface area contributed by atoms with E-state index >= 15 is 0 Å². The molecule has 2 aromatic heterocycles. The number of hydrogen-bond acceptors (Lipinski definition) is 4. The van der Waals surface area contributed by atoms with Gasteiger partial charge < -0.3 is 20.9 Å². The molecule has 7 nitrogen and oxygen atoms in total. The number of aromatic amines is 2. The zero-order valence-electron chi connectivity index (χ0n) is 18.4. The van der Waals surface area contributed by atoms with Crippen LogP contribution in [0.5, 0.6) is 0 Å². The van der Waals surface area contributed by atoms with E-state index in [9.17, 15) is 4.79 Å². The number of nitrogens with one attached hydrogen (secondary N) is 5. The fraction of sp³-hybridized carbons (Fsp3) is 0.308. The summed E-state index contributed by atoms with van der Waals surface area (Å²) in [6, 6.07) is 19.1. The Labute approximate surface area is 192 Å². The van der Waals surface area contributed by atoms with E-state index < -0.39 is 0 Å². The summed E-state index contributed by atoms with van der Waals surface area (Å²) in [6.07, 6.45) is 4.30. The van der Waals surface area contributed by atoms with Gasteiger partial charge >= 0.3 is 0 Å². The van der Waals surface area contributed by atoms with Crippen LogP contribution in [-0.2, 0) is 4.79 Å². The van der Waals surface area contributed by atoms with Crippen molar-refractivity contribution in [2.45, 2.75) is 37.8 Å². The Morgan fingerprint density at radius 2 is 1.67 bits per heavy atom. The largest absolute Gasteiger partial charge is 0.355 e. The number of carbonyl (C=O) groups excluding carboxylic acids is 1. The number of anilines is 1. The van der Waals surface area contributed by atoms with Crippen LogP contribution in [0.15, 0.2) is 54.6 Å². The lowest BCUT2D eigenvalue weighted by Gasteiger charge is -2.11. The average molecular weight is 441 g/mol. The lowest BCUT2D eigenvalue weighted by atomic mass is 10.1. The molecule has 7 heteroatoms. The highest BCUT2D eigenvalue weighted by atomic mass is 16.2. The van der Waals surface area contributed by atoms with E-state index in [0.717, 1.165) is 77.2 Å². The Morgan fingerprint density at radius 3 is 2.42 bits per heavy atom. The first-order chi connectivity index (χ1) is 16.2. The van der Waals surface area contributed by atoms with Crippen molar-refractivity contribution < 1.29 is 4.79 Å². The minimum atomic E-state index is -0.0821. The number of benzene rings is 2. The number of H-pyrrole nitrogens is 2. The molecule has 5 N–H and O–H groups in total. The van der Waals surface area contributed by atoms with Gasteiger partial charge in [0.15, 0.2) is 0 Å². The highest BCUT2D eigenvalue weighted by Gasteiger charge is 2.22. The maximum Gasteiger partial charge on any atom is 0.241 e. The number of aromatic nitrogens is 3. The summed E-state index contributed by atoms with van der Waals surface area (Å²) in [5.74, 6) is 0.0453. The van der Waals surface area contributed by atoms with E-state index in [1.807, 2.05) is 18.2 Å². The summed E-state index contributed by atoms with van der Waals surface area (Å²) >= 11 is 0. The number of rotatable bonds is 5. The van der Waals surface area contributed by atoms with Crippen LogP contribution in [0.25, 0.3) is 33.4 Å². The van der Waals surface area contributed by atoms with Crippen LogP contribution in [0.3, 0.4) is 0 Å². The van der Waals surface area contributed by atoms with Gasteiger partial charge in [-0.1, -0.05) is 24.3 Å². The number of carbonyl (C=O) groups is 1. The zero-order chi connectivity index (χ0) is 22.2. The van der Waals surface area contributed by atoms with Gasteiger partial charge in [0.1, 0.15) is 0 Å². The van der Waals surface area contributed by atoms with Crippen molar-refractivity contribution in [3.8, 4) is 22.5 Å². The van der Waals surface area contributed by atoms with E-state index in [1.54, 1.807) is 0 Å². The molecule has 0 radical (unpaired) electrons. The monoisotopic (exact) mass is 440 g/mol. The molecule has 4 heterocycles. The molecular formula is C26H28N6O. The SMILES string of the molecule is O=C(Nc1ccc2[nH]c(-c3ccc(-c4cc(C5CCCN5)n[nH]4)cc3)cc2c1)[C@@H]1CCCN1. The molecule has 0 saturated carbocycles. The van der Waals surface area contributed by atoms with Crippen molar-refractivity contribution in [2.75, 3.05) is 18.4 Å². The first-order valence-corrected chi connectivity index (χ1v) is 11.8. The van der Waals surface area contributed by atoms with Crippen LogP contribution in [0.2, 0.25) is 0 Å². The summed E-state index contributed by atoms with van der Waals surface area (Å²) in [6.45, 7) is 1.98. The van der Waals surface area contributed by atoms with E-state index in [0.29, 0.717) is 6.04 Å². The lowest BCUT2D eigenvalue weighted by molar-refractivity contribution is -0.117. The molecule has 6 rings (SSSR count). The standard InChI is InChI=1S/C26H28N6O/c33-26(22-4-2-12-28-22)29-19-9-10-20-18(13-19)14-23(30-20)16-5-7-17(8-6-16)24-15-25(32-31-24)21-3-1-11-27-21/h5-10,13-15,21-22,27-28,30H,1-4,11-12H2,(H,29,33)(H,31,32)/t21?,22-/m0/s1. The predicted octanol–water partition coefficient (Wildman–Crippen LogP) is 4.34. The van der Waals surface area contributed by atoms with Crippen LogP contribution >= 0.6 is 0 Å². The smallest absolute Gasteiger partial charge is 0.241 e. The molecule has 0 aliphatic carbocycles. The first kappa shape index (κ1) is 20.2. The third kappa shape index (κ3) is 4.05. The summed E-state index contributed by atoms with van der Waals surface area (Å²) in [5.41, 5.74) is 7.30. The fourth-order valence-electron chi connectivity index (χ4n) is 4.93. The van der Waals surface area contributed by atoms with Gasteiger partial charge in [0.05, 0.1) is 23.5 Å². The lowest BCUT2D eigenvalue weighted by Crippen LogP contribution is -2.35. The van der Waals surface area contributed by atoms with E-state index in [2.05, 4.69) is 67.5 Å². The van der Waals surface area contributed by atoms with E-state index in [1.165, 1.54) is 6.42 Å². The second kappa shape index (κ2) is 8.50. The topological polar surface area (TPSA) is 97.6 Å². The van der Waals surface area contributed by atoms with Gasteiger partial charge in [-0.15, -0.1) is 0 Å². The normalized spacial score (nSPS) is 20.5. The maximum absolute atomic E-state index is 12.4. The average Bonchev–Trinajstić information content (AvgIpc) is 3.64. The quantitative estimate of drug-likeness (QED) is 0.319. The molecule has 2 saturated heterocycles. The van der Waals surface area contributed by atoms with E-state index in [4.69, 9.17) is 0 Å². The summed E-state index contributed by atoms with van der Waals surface area (Å²) in [5, 5.41) is 18.6. The molecule has 2 aliphatic heterocycles. The van der Waals surface area contributed by atoms with Crippen molar-refractivity contribution in [3.05, 3.63) is 60.3 Å². The number of amides is 1. The zero-order valence-corrected chi connectivity index (χ0v) is 18.4. The fourth-order valence-corrected chi connectivity index (χ4v) is 4.93. The molecule has 2 aliphatic rings. The molecule has 2 fully saturated rings. The summed E-state index contributed by atoms with van der Waals surface area (Å²) in [7, 11) is 0. The molecule has 0 bridgehead atoms. The van der Waals surface area contributed by atoms with Gasteiger partial charge in [-0.05, 0) is 80.2 Å². The minimum absolute atomic E-state index is 0.0453. The molecule has 0 spiro atoms. The van der Waals surface area contributed by atoms with Gasteiger partial charge in [0.25, 0.3) is 0 Å². The highest BCUT2D eigenvalue weighted by Crippen LogP contribution is 2.29. The van der Waals surface area contributed by atoms with Gasteiger partial charge in [0, 0.05) is 22.3 Å². The highest BCUT2D eigenvalue weighted by molar-refractivity contribution is 5.97. The van der Waals surface area contributed by atoms with Crippen molar-refractivity contribution in [2.24, 2.45) is 0 Å². The molecule has 168 valence electrons. The van der Waals surface area contributed by atoms with Crippen molar-refractivity contribution in [1.29, 1.82) is 0 Å². The molecule has 2 atom stereocenters. The second-order valence-corrected chi connectivity index (χ2v) is 9.06. The summed E-state index contributed by atoms with van der Waals surface area (Å²) in [4.78, 5) is 15.9. The molecule has 1 unspecified atom stereocenters. The summed E-state index contributed by atoms with van der Waals surface area (Å²) < 4.78 is 0. The van der Waals surface area contributed by atoms with Crippen LogP contribution in [-0.4, -0.2) is 40.2 Å². The van der Waals surface area contributed by atoms with Gasteiger partial charge in [-0.3, -0.25) is 9.89 Å². The predicted molar refractivity (Wildman–Crippen MR) is 131 cm³/mol. The minimum Gasteiger partial charge on any atom is -0.355 e. The molecule has 1 amide bonds. The molecule has 33 heavy (non-hydrogen) atoms. The Bertz CT molecular complexity index is 1280. The van der Waals surface area contributed by atoms with Crippen LogP contribution in [0, 0.1) is 0 Å².